The number of rotatable bonds is 14. The molecule has 9 heteroatoms. The molecule has 0 radical (unpaired) electrons. The third-order valence-electron chi connectivity index (χ3n) is 6.58. The Morgan fingerprint density at radius 1 is 0.921 bits per heavy atom. The van der Waals surface area contributed by atoms with E-state index in [1.807, 2.05) is 42.6 Å². The zero-order chi connectivity index (χ0) is 26.7. The van der Waals surface area contributed by atoms with Crippen LogP contribution in [-0.2, 0) is 19.6 Å². The fraction of sp³-hybridized carbons (Fsp3) is 0.379. The zero-order valence-electron chi connectivity index (χ0n) is 22.5. The van der Waals surface area contributed by atoms with E-state index in [2.05, 4.69) is 73.2 Å². The number of aromatic nitrogens is 5. The number of nitrogens with one attached hydrogen (secondary N) is 3. The average Bonchev–Trinajstić information content (AvgIpc) is 3.65. The Morgan fingerprint density at radius 3 is 2.21 bits per heavy atom. The van der Waals surface area contributed by atoms with Gasteiger partial charge in [-0.2, -0.15) is 5.10 Å². The van der Waals surface area contributed by atoms with Crippen molar-refractivity contribution in [2.75, 3.05) is 18.4 Å². The highest BCUT2D eigenvalue weighted by Gasteiger charge is 2.20. The van der Waals surface area contributed by atoms with Gasteiger partial charge in [-0.3, -0.25) is 19.7 Å². The van der Waals surface area contributed by atoms with Gasteiger partial charge >= 0.3 is 0 Å². The van der Waals surface area contributed by atoms with E-state index in [9.17, 15) is 4.79 Å². The summed E-state index contributed by atoms with van der Waals surface area (Å²) in [6.07, 6.45) is 7.39. The molecule has 1 atom stereocenters. The van der Waals surface area contributed by atoms with Gasteiger partial charge in [-0.25, -0.2) is 9.97 Å². The second-order valence-electron chi connectivity index (χ2n) is 9.61. The van der Waals surface area contributed by atoms with Gasteiger partial charge < -0.3 is 10.3 Å². The predicted molar refractivity (Wildman–Crippen MR) is 149 cm³/mol. The van der Waals surface area contributed by atoms with Crippen molar-refractivity contribution in [3.8, 4) is 0 Å². The average molecular weight is 515 g/mol. The Labute approximate surface area is 224 Å². The molecule has 1 unspecified atom stereocenters. The van der Waals surface area contributed by atoms with Gasteiger partial charge in [-0.05, 0) is 68.2 Å². The highest BCUT2D eigenvalue weighted by atomic mass is 16.1. The van der Waals surface area contributed by atoms with Crippen LogP contribution < -0.4 is 5.32 Å². The number of anilines is 1. The molecule has 1 amide bonds. The number of aromatic amines is 2. The monoisotopic (exact) mass is 514 g/mol. The first-order chi connectivity index (χ1) is 18.6. The predicted octanol–water partition coefficient (Wildman–Crippen LogP) is 5.17. The maximum atomic E-state index is 12.9. The molecule has 200 valence electrons. The number of imidazole rings is 1. The lowest BCUT2D eigenvalue weighted by Gasteiger charge is -2.27. The van der Waals surface area contributed by atoms with Crippen molar-refractivity contribution in [1.29, 1.82) is 0 Å². The van der Waals surface area contributed by atoms with Crippen LogP contribution in [0.4, 0.5) is 5.69 Å². The number of hydrogen-bond acceptors (Lipinski definition) is 6. The lowest BCUT2D eigenvalue weighted by atomic mass is 10.1. The third kappa shape index (κ3) is 7.60. The molecule has 2 aromatic heterocycles. The van der Waals surface area contributed by atoms with Crippen LogP contribution in [0.3, 0.4) is 0 Å². The van der Waals surface area contributed by atoms with Crippen LogP contribution in [0, 0.1) is 0 Å². The molecular formula is C29H38N8O. The van der Waals surface area contributed by atoms with Crippen LogP contribution in [0.15, 0.2) is 67.3 Å². The second kappa shape index (κ2) is 13.6. The Balaban J connectivity index is 1.36. The Morgan fingerprint density at radius 2 is 1.61 bits per heavy atom. The summed E-state index contributed by atoms with van der Waals surface area (Å²) < 4.78 is 0. The first-order valence-electron chi connectivity index (χ1n) is 13.3. The van der Waals surface area contributed by atoms with Crippen LogP contribution in [-0.4, -0.2) is 53.9 Å². The number of benzene rings is 2. The molecule has 38 heavy (non-hydrogen) atoms. The minimum absolute atomic E-state index is 0.0390. The van der Waals surface area contributed by atoms with E-state index in [4.69, 9.17) is 0 Å². The van der Waals surface area contributed by atoms with E-state index in [1.54, 1.807) is 6.20 Å². The van der Waals surface area contributed by atoms with Gasteiger partial charge in [0.15, 0.2) is 0 Å². The van der Waals surface area contributed by atoms with Crippen molar-refractivity contribution < 1.29 is 4.79 Å². The Bertz CT molecular complexity index is 1210. The standard InChI is InChI=1S/C29H38N8O/c1-4-16-36(17-5-2)18-23-8-12-26(13-9-23)34-29(38)25-10-6-24(7-11-25)19-37(20-27-32-21-33-35-27)22(3)28-30-14-15-31-28/h6-15,21-22H,4-5,16-20H2,1-3H3,(H,30,31)(H,34,38)(H,32,33,35). The molecule has 3 N–H and O–H groups in total. The van der Waals surface area contributed by atoms with E-state index in [0.29, 0.717) is 18.7 Å². The maximum Gasteiger partial charge on any atom is 0.255 e. The van der Waals surface area contributed by atoms with E-state index < -0.39 is 0 Å². The van der Waals surface area contributed by atoms with E-state index in [0.717, 1.165) is 55.4 Å². The molecule has 0 saturated carbocycles. The molecule has 0 spiro atoms. The fourth-order valence-corrected chi connectivity index (χ4v) is 4.56. The molecule has 0 aliphatic heterocycles. The molecule has 4 rings (SSSR count). The smallest absolute Gasteiger partial charge is 0.255 e. The van der Waals surface area contributed by atoms with Gasteiger partial charge in [0.1, 0.15) is 18.0 Å². The number of carbonyl (C=O) groups excluding carboxylic acids is 1. The molecule has 0 aliphatic rings. The van der Waals surface area contributed by atoms with Gasteiger partial charge in [0.2, 0.25) is 0 Å². The number of carbonyl (C=O) groups is 1. The third-order valence-corrected chi connectivity index (χ3v) is 6.58. The zero-order valence-corrected chi connectivity index (χ0v) is 22.5. The molecule has 9 nitrogen and oxygen atoms in total. The second-order valence-corrected chi connectivity index (χ2v) is 9.61. The number of hydrogen-bond donors (Lipinski definition) is 3. The molecule has 2 aromatic carbocycles. The summed E-state index contributed by atoms with van der Waals surface area (Å²) in [6.45, 7) is 10.9. The number of amides is 1. The molecule has 2 heterocycles. The summed E-state index contributed by atoms with van der Waals surface area (Å²) in [5.41, 5.74) is 3.77. The lowest BCUT2D eigenvalue weighted by molar-refractivity contribution is 0.102. The molecule has 4 aromatic rings. The molecule has 0 saturated heterocycles. The minimum atomic E-state index is -0.120. The SMILES string of the molecule is CCCN(CCC)Cc1ccc(NC(=O)c2ccc(CN(Cc3ncn[nH]3)C(C)c3ncc[nH]3)cc2)cc1. The van der Waals surface area contributed by atoms with E-state index in [1.165, 1.54) is 11.9 Å². The van der Waals surface area contributed by atoms with Crippen LogP contribution in [0.25, 0.3) is 0 Å². The first-order valence-corrected chi connectivity index (χ1v) is 13.3. The minimum Gasteiger partial charge on any atom is -0.347 e. The summed E-state index contributed by atoms with van der Waals surface area (Å²) >= 11 is 0. The lowest BCUT2D eigenvalue weighted by Crippen LogP contribution is -2.27. The normalized spacial score (nSPS) is 12.2. The quantitative estimate of drug-likeness (QED) is 0.214. The summed E-state index contributed by atoms with van der Waals surface area (Å²) in [7, 11) is 0. The van der Waals surface area contributed by atoms with Crippen molar-refractivity contribution in [2.45, 2.75) is 59.3 Å². The molecule has 0 bridgehead atoms. The molecule has 0 aliphatic carbocycles. The van der Waals surface area contributed by atoms with Gasteiger partial charge in [-0.1, -0.05) is 38.1 Å². The number of H-pyrrole nitrogens is 2. The summed E-state index contributed by atoms with van der Waals surface area (Å²) in [6, 6.07) is 15.9. The summed E-state index contributed by atoms with van der Waals surface area (Å²) in [5, 5.41) is 9.93. The highest BCUT2D eigenvalue weighted by molar-refractivity contribution is 6.04. The van der Waals surface area contributed by atoms with Crippen LogP contribution in [0.2, 0.25) is 0 Å². The highest BCUT2D eigenvalue weighted by Crippen LogP contribution is 2.22. The summed E-state index contributed by atoms with van der Waals surface area (Å²) in [4.78, 5) is 29.5. The Kier molecular flexibility index (Phi) is 9.77. The maximum absolute atomic E-state index is 12.9. The topological polar surface area (TPSA) is 106 Å². The molecular weight excluding hydrogens is 476 g/mol. The van der Waals surface area contributed by atoms with Gasteiger partial charge in [0.05, 0.1) is 12.6 Å². The van der Waals surface area contributed by atoms with Crippen molar-refractivity contribution in [3.05, 3.63) is 95.6 Å². The van der Waals surface area contributed by atoms with Crippen LogP contribution in [0.5, 0.6) is 0 Å². The van der Waals surface area contributed by atoms with Crippen LogP contribution in [0.1, 0.15) is 72.8 Å². The van der Waals surface area contributed by atoms with Crippen molar-refractivity contribution in [2.24, 2.45) is 0 Å². The Hall–Kier alpha value is -3.82. The van der Waals surface area contributed by atoms with Crippen molar-refractivity contribution in [3.63, 3.8) is 0 Å². The number of nitrogens with zero attached hydrogens (tertiary/aromatic N) is 5. The van der Waals surface area contributed by atoms with Crippen LogP contribution >= 0.6 is 0 Å². The van der Waals surface area contributed by atoms with Gasteiger partial charge in [0.25, 0.3) is 5.91 Å². The van der Waals surface area contributed by atoms with Crippen molar-refractivity contribution >= 4 is 11.6 Å². The summed E-state index contributed by atoms with van der Waals surface area (Å²) in [5.74, 6) is 1.55. The van der Waals surface area contributed by atoms with Gasteiger partial charge in [-0.15, -0.1) is 0 Å². The fourth-order valence-electron chi connectivity index (χ4n) is 4.56. The molecule has 0 fully saturated rings. The van der Waals surface area contributed by atoms with Gasteiger partial charge in [0, 0.05) is 36.7 Å². The van der Waals surface area contributed by atoms with Crippen molar-refractivity contribution in [1.82, 2.24) is 34.9 Å². The van der Waals surface area contributed by atoms with E-state index in [-0.39, 0.29) is 11.9 Å². The van der Waals surface area contributed by atoms with E-state index >= 15 is 0 Å². The first kappa shape index (κ1) is 27.2. The largest absolute Gasteiger partial charge is 0.347 e.